The standard InChI is InChI=1S/C15H12Cl2N4O2S/c1-9-19-20-15(24)21(9)18-7-11-2-3-12(23-11)8-22-10-4-5-13(16)14(17)6-10/h2-7H,8H2,1H3,(H,20,24)/b18-7+. The topological polar surface area (TPSA) is 68.3 Å². The highest BCUT2D eigenvalue weighted by Crippen LogP contribution is 2.26. The van der Waals surface area contributed by atoms with Crippen molar-refractivity contribution in [3.63, 3.8) is 0 Å². The number of rotatable bonds is 5. The third-order valence-corrected chi connectivity index (χ3v) is 4.07. The minimum Gasteiger partial charge on any atom is -0.486 e. The van der Waals surface area contributed by atoms with Crippen LogP contribution in [0.2, 0.25) is 10.0 Å². The number of H-pyrrole nitrogens is 1. The van der Waals surface area contributed by atoms with Crippen LogP contribution in [-0.4, -0.2) is 21.1 Å². The van der Waals surface area contributed by atoms with Gasteiger partial charge < -0.3 is 9.15 Å². The van der Waals surface area contributed by atoms with Crippen LogP contribution in [0.4, 0.5) is 0 Å². The molecule has 0 atom stereocenters. The molecule has 2 aromatic heterocycles. The van der Waals surface area contributed by atoms with E-state index in [9.17, 15) is 0 Å². The van der Waals surface area contributed by atoms with Crippen LogP contribution in [0, 0.1) is 11.7 Å². The van der Waals surface area contributed by atoms with Gasteiger partial charge in [0.25, 0.3) is 0 Å². The Balaban J connectivity index is 1.65. The Morgan fingerprint density at radius 1 is 1.33 bits per heavy atom. The second-order valence-electron chi connectivity index (χ2n) is 4.80. The monoisotopic (exact) mass is 382 g/mol. The lowest BCUT2D eigenvalue weighted by Crippen LogP contribution is -1.94. The molecule has 1 N–H and O–H groups in total. The van der Waals surface area contributed by atoms with Crippen LogP contribution in [-0.2, 0) is 6.61 Å². The summed E-state index contributed by atoms with van der Waals surface area (Å²) < 4.78 is 13.2. The summed E-state index contributed by atoms with van der Waals surface area (Å²) in [6, 6.07) is 8.66. The number of benzene rings is 1. The van der Waals surface area contributed by atoms with Crippen molar-refractivity contribution >= 4 is 41.6 Å². The summed E-state index contributed by atoms with van der Waals surface area (Å²) in [5.41, 5.74) is 0. The molecule has 3 aromatic rings. The maximum atomic E-state index is 5.94. The van der Waals surface area contributed by atoms with E-state index in [0.717, 1.165) is 0 Å². The Hall–Kier alpha value is -2.09. The molecule has 3 rings (SSSR count). The van der Waals surface area contributed by atoms with Gasteiger partial charge in [-0.2, -0.15) is 14.9 Å². The van der Waals surface area contributed by atoms with Gasteiger partial charge in [0.05, 0.1) is 16.3 Å². The molecule has 124 valence electrons. The van der Waals surface area contributed by atoms with Gasteiger partial charge in [0.1, 0.15) is 29.7 Å². The van der Waals surface area contributed by atoms with Gasteiger partial charge in [0.2, 0.25) is 4.77 Å². The number of hydrogen-bond acceptors (Lipinski definition) is 5. The molecule has 0 amide bonds. The van der Waals surface area contributed by atoms with Crippen molar-refractivity contribution in [1.29, 1.82) is 0 Å². The molecule has 6 nitrogen and oxygen atoms in total. The maximum Gasteiger partial charge on any atom is 0.216 e. The van der Waals surface area contributed by atoms with Crippen molar-refractivity contribution in [1.82, 2.24) is 14.9 Å². The highest BCUT2D eigenvalue weighted by Gasteiger charge is 2.04. The Kier molecular flexibility index (Phi) is 5.03. The third-order valence-electron chi connectivity index (χ3n) is 3.07. The number of aromatic nitrogens is 3. The Morgan fingerprint density at radius 3 is 2.88 bits per heavy atom. The highest BCUT2D eigenvalue weighted by molar-refractivity contribution is 7.71. The zero-order valence-electron chi connectivity index (χ0n) is 12.5. The lowest BCUT2D eigenvalue weighted by molar-refractivity contribution is 0.270. The summed E-state index contributed by atoms with van der Waals surface area (Å²) in [5, 5.41) is 11.8. The molecule has 0 aliphatic carbocycles. The molecule has 24 heavy (non-hydrogen) atoms. The normalized spacial score (nSPS) is 11.3. The summed E-state index contributed by atoms with van der Waals surface area (Å²) >= 11 is 16.9. The Labute approximate surface area is 152 Å². The molecule has 0 saturated heterocycles. The number of hydrogen-bond donors (Lipinski definition) is 1. The van der Waals surface area contributed by atoms with E-state index in [1.165, 1.54) is 4.68 Å². The zero-order valence-corrected chi connectivity index (χ0v) is 14.8. The van der Waals surface area contributed by atoms with Gasteiger partial charge in [-0.15, -0.1) is 0 Å². The molecule has 0 aliphatic rings. The molecule has 0 unspecified atom stereocenters. The molecular formula is C15H12Cl2N4O2S. The van der Waals surface area contributed by atoms with E-state index in [-0.39, 0.29) is 6.61 Å². The summed E-state index contributed by atoms with van der Waals surface area (Å²) in [6.07, 6.45) is 1.56. The van der Waals surface area contributed by atoms with Gasteiger partial charge in [-0.3, -0.25) is 5.10 Å². The van der Waals surface area contributed by atoms with Crippen LogP contribution in [0.1, 0.15) is 17.3 Å². The van der Waals surface area contributed by atoms with Crippen LogP contribution < -0.4 is 4.74 Å². The molecule has 0 fully saturated rings. The van der Waals surface area contributed by atoms with Gasteiger partial charge in [0.15, 0.2) is 0 Å². The van der Waals surface area contributed by atoms with Gasteiger partial charge in [-0.1, -0.05) is 23.2 Å². The van der Waals surface area contributed by atoms with Crippen LogP contribution in [0.3, 0.4) is 0 Å². The number of aromatic amines is 1. The fourth-order valence-corrected chi connectivity index (χ4v) is 2.40. The van der Waals surface area contributed by atoms with Crippen molar-refractivity contribution in [2.24, 2.45) is 5.10 Å². The summed E-state index contributed by atoms with van der Waals surface area (Å²) in [4.78, 5) is 0. The molecule has 0 bridgehead atoms. The second-order valence-corrected chi connectivity index (χ2v) is 6.00. The van der Waals surface area contributed by atoms with Gasteiger partial charge >= 0.3 is 0 Å². The lowest BCUT2D eigenvalue weighted by Gasteiger charge is -2.05. The number of furan rings is 1. The summed E-state index contributed by atoms with van der Waals surface area (Å²) in [7, 11) is 0. The molecule has 0 spiro atoms. The smallest absolute Gasteiger partial charge is 0.216 e. The number of nitrogens with zero attached hydrogens (tertiary/aromatic N) is 3. The quantitative estimate of drug-likeness (QED) is 0.516. The first-order valence-corrected chi connectivity index (χ1v) is 8.04. The third kappa shape index (κ3) is 3.87. The highest BCUT2D eigenvalue weighted by atomic mass is 35.5. The van der Waals surface area contributed by atoms with E-state index in [4.69, 9.17) is 44.6 Å². The minimum absolute atomic E-state index is 0.260. The van der Waals surface area contributed by atoms with Gasteiger partial charge in [0, 0.05) is 6.07 Å². The van der Waals surface area contributed by atoms with E-state index in [1.54, 1.807) is 43.5 Å². The first-order chi connectivity index (χ1) is 11.5. The number of aryl methyl sites for hydroxylation is 1. The first kappa shape index (κ1) is 16.8. The van der Waals surface area contributed by atoms with Gasteiger partial charge in [-0.25, -0.2) is 0 Å². The maximum absolute atomic E-state index is 5.94. The first-order valence-electron chi connectivity index (χ1n) is 6.88. The van der Waals surface area contributed by atoms with Crippen molar-refractivity contribution < 1.29 is 9.15 Å². The van der Waals surface area contributed by atoms with Crippen LogP contribution in [0.5, 0.6) is 5.75 Å². The van der Waals surface area contributed by atoms with Gasteiger partial charge in [-0.05, 0) is 43.4 Å². The molecule has 0 aliphatic heterocycles. The minimum atomic E-state index is 0.260. The number of nitrogens with one attached hydrogen (secondary N) is 1. The van der Waals surface area contributed by atoms with Crippen LogP contribution >= 0.6 is 35.4 Å². The largest absolute Gasteiger partial charge is 0.486 e. The summed E-state index contributed by atoms with van der Waals surface area (Å²) in [6.45, 7) is 2.05. The second kappa shape index (κ2) is 7.21. The molecule has 2 heterocycles. The summed E-state index contributed by atoms with van der Waals surface area (Å²) in [5.74, 6) is 2.49. The number of ether oxygens (including phenoxy) is 1. The predicted molar refractivity (Wildman–Crippen MR) is 94.6 cm³/mol. The average molecular weight is 383 g/mol. The Morgan fingerprint density at radius 2 is 2.17 bits per heavy atom. The fraction of sp³-hybridized carbons (Fsp3) is 0.133. The molecule has 9 heteroatoms. The molecule has 0 saturated carbocycles. The zero-order chi connectivity index (χ0) is 17.1. The lowest BCUT2D eigenvalue weighted by atomic mass is 10.3. The van der Waals surface area contributed by atoms with Crippen LogP contribution in [0.25, 0.3) is 0 Å². The molecule has 1 aromatic carbocycles. The van der Waals surface area contributed by atoms with E-state index >= 15 is 0 Å². The van der Waals surface area contributed by atoms with E-state index in [2.05, 4.69) is 15.3 Å². The van der Waals surface area contributed by atoms with Crippen LogP contribution in [0.15, 0.2) is 39.9 Å². The van der Waals surface area contributed by atoms with E-state index in [0.29, 0.717) is 37.9 Å². The average Bonchev–Trinajstić information content (AvgIpc) is 3.14. The molecular weight excluding hydrogens is 371 g/mol. The van der Waals surface area contributed by atoms with Crippen molar-refractivity contribution in [3.05, 3.63) is 62.5 Å². The molecule has 0 radical (unpaired) electrons. The Bertz CT molecular complexity index is 945. The van der Waals surface area contributed by atoms with Crippen molar-refractivity contribution in [3.8, 4) is 5.75 Å². The van der Waals surface area contributed by atoms with E-state index in [1.807, 2.05) is 0 Å². The number of halogens is 2. The predicted octanol–water partition coefficient (Wildman–Crippen LogP) is 4.61. The SMILES string of the molecule is Cc1n[nH]c(=S)n1/N=C/c1ccc(COc2ccc(Cl)c(Cl)c2)o1. The van der Waals surface area contributed by atoms with E-state index < -0.39 is 0 Å². The fourth-order valence-electron chi connectivity index (χ4n) is 1.88. The van der Waals surface area contributed by atoms with Crippen molar-refractivity contribution in [2.75, 3.05) is 0 Å². The van der Waals surface area contributed by atoms with Crippen molar-refractivity contribution in [2.45, 2.75) is 13.5 Å².